The summed E-state index contributed by atoms with van der Waals surface area (Å²) in [4.78, 5) is 23.0. The molecule has 0 spiro atoms. The lowest BCUT2D eigenvalue weighted by molar-refractivity contribution is -0.384. The number of amides is 1. The molecule has 1 heterocycles. The van der Waals surface area contributed by atoms with Gasteiger partial charge in [0.15, 0.2) is 0 Å². The number of carbonyl (C=O) groups excluding carboxylic acids is 1. The maximum atomic E-state index is 11.9. The largest absolute Gasteiger partial charge is 0.347 e. The highest BCUT2D eigenvalue weighted by molar-refractivity contribution is 7.09. The van der Waals surface area contributed by atoms with Gasteiger partial charge in [-0.3, -0.25) is 14.9 Å². The highest BCUT2D eigenvalue weighted by atomic mass is 35.5. The van der Waals surface area contributed by atoms with Gasteiger partial charge in [0.05, 0.1) is 22.1 Å². The summed E-state index contributed by atoms with van der Waals surface area (Å²) >= 11 is 7.39. The van der Waals surface area contributed by atoms with Gasteiger partial charge in [-0.15, -0.1) is 11.3 Å². The first-order valence-electron chi connectivity index (χ1n) is 5.32. The molecule has 1 amide bonds. The standard InChI is InChI=1S/C12H9ClN2O3S/c13-11-4-3-8(15(17)18)6-10(11)12(16)14-7-9-2-1-5-19-9/h1-6H,7H2,(H,14,16). The van der Waals surface area contributed by atoms with Crippen molar-refractivity contribution in [1.29, 1.82) is 0 Å². The lowest BCUT2D eigenvalue weighted by Crippen LogP contribution is -2.22. The predicted molar refractivity (Wildman–Crippen MR) is 73.6 cm³/mol. The summed E-state index contributed by atoms with van der Waals surface area (Å²) in [5.41, 5.74) is -0.0573. The molecule has 0 saturated heterocycles. The fraction of sp³-hybridized carbons (Fsp3) is 0.0833. The fourth-order valence-corrected chi connectivity index (χ4v) is 2.32. The Bertz CT molecular complexity index is 613. The summed E-state index contributed by atoms with van der Waals surface area (Å²) in [5.74, 6) is -0.429. The van der Waals surface area contributed by atoms with Crippen LogP contribution in [-0.4, -0.2) is 10.8 Å². The van der Waals surface area contributed by atoms with Crippen LogP contribution in [0.4, 0.5) is 5.69 Å². The molecule has 0 fully saturated rings. The minimum Gasteiger partial charge on any atom is -0.347 e. The molecule has 7 heteroatoms. The van der Waals surface area contributed by atoms with Crippen LogP contribution in [0.1, 0.15) is 15.2 Å². The first-order valence-corrected chi connectivity index (χ1v) is 6.58. The topological polar surface area (TPSA) is 72.2 Å². The summed E-state index contributed by atoms with van der Waals surface area (Å²) < 4.78 is 0. The first kappa shape index (κ1) is 13.5. The molecule has 0 radical (unpaired) electrons. The van der Waals surface area contributed by atoms with Crippen LogP contribution in [-0.2, 0) is 6.54 Å². The number of nitrogens with one attached hydrogen (secondary N) is 1. The predicted octanol–water partition coefficient (Wildman–Crippen LogP) is 3.24. The summed E-state index contributed by atoms with van der Waals surface area (Å²) in [6.07, 6.45) is 0. The third-order valence-corrected chi connectivity index (χ3v) is 3.61. The molecular formula is C12H9ClN2O3S. The molecule has 0 bridgehead atoms. The van der Waals surface area contributed by atoms with Gasteiger partial charge < -0.3 is 5.32 Å². The molecule has 1 aromatic heterocycles. The van der Waals surface area contributed by atoms with E-state index in [1.165, 1.54) is 29.5 Å². The number of nitrogens with zero attached hydrogens (tertiary/aromatic N) is 1. The number of hydrogen-bond donors (Lipinski definition) is 1. The van der Waals surface area contributed by atoms with Gasteiger partial charge in [0.2, 0.25) is 0 Å². The Kier molecular flexibility index (Phi) is 4.13. The van der Waals surface area contributed by atoms with Crippen molar-refractivity contribution in [2.45, 2.75) is 6.54 Å². The molecule has 0 unspecified atom stereocenters. The minimum atomic E-state index is -0.563. The Morgan fingerprint density at radius 3 is 2.84 bits per heavy atom. The Morgan fingerprint density at radius 2 is 2.21 bits per heavy atom. The van der Waals surface area contributed by atoms with Gasteiger partial charge in [-0.2, -0.15) is 0 Å². The van der Waals surface area contributed by atoms with Crippen LogP contribution in [0.2, 0.25) is 5.02 Å². The van der Waals surface area contributed by atoms with E-state index >= 15 is 0 Å². The molecule has 5 nitrogen and oxygen atoms in total. The van der Waals surface area contributed by atoms with Crippen LogP contribution in [0.3, 0.4) is 0 Å². The number of benzene rings is 1. The van der Waals surface area contributed by atoms with Crippen LogP contribution >= 0.6 is 22.9 Å². The van der Waals surface area contributed by atoms with Crippen LogP contribution < -0.4 is 5.32 Å². The number of thiophene rings is 1. The second kappa shape index (κ2) is 5.81. The van der Waals surface area contributed by atoms with Gasteiger partial charge in [-0.25, -0.2) is 0 Å². The first-order chi connectivity index (χ1) is 9.08. The van der Waals surface area contributed by atoms with Crippen molar-refractivity contribution in [3.8, 4) is 0 Å². The number of rotatable bonds is 4. The van der Waals surface area contributed by atoms with E-state index in [0.29, 0.717) is 6.54 Å². The van der Waals surface area contributed by atoms with E-state index in [4.69, 9.17) is 11.6 Å². The van der Waals surface area contributed by atoms with Gasteiger partial charge in [0.1, 0.15) is 0 Å². The van der Waals surface area contributed by atoms with E-state index in [0.717, 1.165) is 4.88 Å². The van der Waals surface area contributed by atoms with Crippen molar-refractivity contribution in [2.24, 2.45) is 0 Å². The zero-order valence-corrected chi connectivity index (χ0v) is 11.2. The van der Waals surface area contributed by atoms with Crippen molar-refractivity contribution in [2.75, 3.05) is 0 Å². The smallest absolute Gasteiger partial charge is 0.270 e. The van der Waals surface area contributed by atoms with E-state index in [9.17, 15) is 14.9 Å². The van der Waals surface area contributed by atoms with Gasteiger partial charge in [0, 0.05) is 17.0 Å². The maximum absolute atomic E-state index is 11.9. The number of carbonyl (C=O) groups is 1. The van der Waals surface area contributed by atoms with E-state index in [1.807, 2.05) is 17.5 Å². The molecular weight excluding hydrogens is 288 g/mol. The molecule has 2 rings (SSSR count). The molecule has 1 aromatic carbocycles. The van der Waals surface area contributed by atoms with Crippen molar-refractivity contribution >= 4 is 34.5 Å². The second-order valence-electron chi connectivity index (χ2n) is 3.68. The van der Waals surface area contributed by atoms with Gasteiger partial charge in [-0.05, 0) is 17.5 Å². The van der Waals surface area contributed by atoms with Gasteiger partial charge in [0.25, 0.3) is 11.6 Å². The van der Waals surface area contributed by atoms with Crippen LogP contribution in [0.25, 0.3) is 0 Å². The fourth-order valence-electron chi connectivity index (χ4n) is 1.48. The van der Waals surface area contributed by atoms with Crippen LogP contribution in [0.15, 0.2) is 35.7 Å². The Hall–Kier alpha value is -1.92. The van der Waals surface area contributed by atoms with Gasteiger partial charge >= 0.3 is 0 Å². The molecule has 98 valence electrons. The van der Waals surface area contributed by atoms with E-state index < -0.39 is 10.8 Å². The summed E-state index contributed by atoms with van der Waals surface area (Å²) in [6, 6.07) is 7.55. The maximum Gasteiger partial charge on any atom is 0.270 e. The van der Waals surface area contributed by atoms with E-state index in [2.05, 4.69) is 5.32 Å². The summed E-state index contributed by atoms with van der Waals surface area (Å²) in [6.45, 7) is 0.371. The zero-order chi connectivity index (χ0) is 13.8. The third-order valence-electron chi connectivity index (χ3n) is 2.41. The zero-order valence-electron chi connectivity index (χ0n) is 9.63. The Labute approximate surface area is 118 Å². The van der Waals surface area contributed by atoms with Crippen molar-refractivity contribution in [3.05, 3.63) is 61.3 Å². The lowest BCUT2D eigenvalue weighted by Gasteiger charge is -2.05. The molecule has 2 aromatic rings. The number of hydrogen-bond acceptors (Lipinski definition) is 4. The van der Waals surface area contributed by atoms with Crippen molar-refractivity contribution < 1.29 is 9.72 Å². The molecule has 0 aliphatic heterocycles. The second-order valence-corrected chi connectivity index (χ2v) is 5.12. The number of halogens is 1. The molecule has 1 N–H and O–H groups in total. The van der Waals surface area contributed by atoms with E-state index in [-0.39, 0.29) is 16.3 Å². The molecule has 0 atom stereocenters. The lowest BCUT2D eigenvalue weighted by atomic mass is 10.2. The number of nitro benzene ring substituents is 1. The Morgan fingerprint density at radius 1 is 1.42 bits per heavy atom. The van der Waals surface area contributed by atoms with Crippen LogP contribution in [0, 0.1) is 10.1 Å². The minimum absolute atomic E-state index is 0.104. The van der Waals surface area contributed by atoms with Crippen molar-refractivity contribution in [1.82, 2.24) is 5.32 Å². The SMILES string of the molecule is O=C(NCc1cccs1)c1cc([N+](=O)[O-])ccc1Cl. The average molecular weight is 297 g/mol. The third kappa shape index (κ3) is 3.30. The van der Waals surface area contributed by atoms with E-state index in [1.54, 1.807) is 0 Å². The molecule has 0 aliphatic carbocycles. The normalized spacial score (nSPS) is 10.2. The number of nitro groups is 1. The number of non-ortho nitro benzene ring substituents is 1. The van der Waals surface area contributed by atoms with Gasteiger partial charge in [-0.1, -0.05) is 17.7 Å². The summed E-state index contributed by atoms with van der Waals surface area (Å²) in [7, 11) is 0. The summed E-state index contributed by atoms with van der Waals surface area (Å²) in [5, 5.41) is 15.4. The van der Waals surface area contributed by atoms with Crippen LogP contribution in [0.5, 0.6) is 0 Å². The molecule has 19 heavy (non-hydrogen) atoms. The average Bonchev–Trinajstić information content (AvgIpc) is 2.89. The molecule has 0 aliphatic rings. The highest BCUT2D eigenvalue weighted by Gasteiger charge is 2.15. The van der Waals surface area contributed by atoms with Crippen molar-refractivity contribution in [3.63, 3.8) is 0 Å². The Balaban J connectivity index is 2.14. The molecule has 0 saturated carbocycles. The quantitative estimate of drug-likeness (QED) is 0.695. The monoisotopic (exact) mass is 296 g/mol. The highest BCUT2D eigenvalue weighted by Crippen LogP contribution is 2.22.